The highest BCUT2D eigenvalue weighted by Crippen LogP contribution is 2.31. The number of amides is 1. The number of aromatic nitrogens is 3. The quantitative estimate of drug-likeness (QED) is 0.332. The highest BCUT2D eigenvalue weighted by atomic mass is 19.3. The molecule has 32 heavy (non-hydrogen) atoms. The van der Waals surface area contributed by atoms with Crippen molar-refractivity contribution in [1.29, 1.82) is 0 Å². The molecule has 11 nitrogen and oxygen atoms in total. The molecule has 0 spiro atoms. The smallest absolute Gasteiger partial charge is 0.351 e. The van der Waals surface area contributed by atoms with Gasteiger partial charge in [-0.2, -0.15) is 9.93 Å². The number of aliphatic hydroxyl groups is 2. The third kappa shape index (κ3) is 3.96. The fraction of sp³-hybridized carbons (Fsp3) is 0.350. The Balaban J connectivity index is 1.51. The van der Waals surface area contributed by atoms with Gasteiger partial charge in [0.05, 0.1) is 12.2 Å². The summed E-state index contributed by atoms with van der Waals surface area (Å²) in [4.78, 5) is 35.5. The Kier molecular flexibility index (Phi) is 6.19. The number of nitrogens with zero attached hydrogens (tertiary/aromatic N) is 2. The summed E-state index contributed by atoms with van der Waals surface area (Å²) in [6.07, 6.45) is -2.30. The van der Waals surface area contributed by atoms with Gasteiger partial charge >= 0.3 is 5.69 Å². The van der Waals surface area contributed by atoms with E-state index in [4.69, 9.17) is 10.5 Å². The van der Waals surface area contributed by atoms with Crippen molar-refractivity contribution in [3.05, 3.63) is 58.3 Å². The molecule has 1 aliphatic rings. The van der Waals surface area contributed by atoms with Crippen molar-refractivity contribution in [2.75, 3.05) is 18.9 Å². The number of carbonyl (C=O) groups is 1. The Morgan fingerprint density at radius 1 is 1.41 bits per heavy atom. The SMILES string of the molecule is Nc1nc(=O)n([C@@H]2O[C@H](CO)[C@H](O)[C@H]2OF)cc1C(=O)NCCc1c[nH]c2ccccc12. The summed E-state index contributed by atoms with van der Waals surface area (Å²) in [6.45, 7) is -0.351. The van der Waals surface area contributed by atoms with Crippen LogP contribution in [0.2, 0.25) is 0 Å². The van der Waals surface area contributed by atoms with E-state index in [-0.39, 0.29) is 17.9 Å². The van der Waals surface area contributed by atoms with Gasteiger partial charge in [-0.3, -0.25) is 9.36 Å². The summed E-state index contributed by atoms with van der Waals surface area (Å²) >= 11 is 0. The average Bonchev–Trinajstić information content (AvgIpc) is 3.34. The number of carbonyl (C=O) groups excluding carboxylic acids is 1. The maximum Gasteiger partial charge on any atom is 0.351 e. The van der Waals surface area contributed by atoms with Crippen LogP contribution >= 0.6 is 0 Å². The Bertz CT molecular complexity index is 1180. The first-order valence-electron chi connectivity index (χ1n) is 9.88. The Labute approximate surface area is 180 Å². The van der Waals surface area contributed by atoms with Crippen molar-refractivity contribution >= 4 is 22.6 Å². The van der Waals surface area contributed by atoms with Gasteiger partial charge < -0.3 is 31.0 Å². The monoisotopic (exact) mass is 447 g/mol. The van der Waals surface area contributed by atoms with E-state index in [2.05, 4.69) is 20.2 Å². The normalized spacial score (nSPS) is 23.0. The molecule has 3 heterocycles. The fourth-order valence-electron chi connectivity index (χ4n) is 3.77. The molecule has 0 bridgehead atoms. The van der Waals surface area contributed by atoms with Gasteiger partial charge in [0.2, 0.25) is 0 Å². The van der Waals surface area contributed by atoms with Gasteiger partial charge in [-0.15, -0.1) is 0 Å². The molecule has 0 unspecified atom stereocenters. The van der Waals surface area contributed by atoms with Crippen LogP contribution in [0.3, 0.4) is 0 Å². The van der Waals surface area contributed by atoms with E-state index in [0.29, 0.717) is 6.42 Å². The third-order valence-electron chi connectivity index (χ3n) is 5.45. The molecule has 6 N–H and O–H groups in total. The summed E-state index contributed by atoms with van der Waals surface area (Å²) in [5.41, 5.74) is 6.69. The first-order valence-corrected chi connectivity index (χ1v) is 9.88. The van der Waals surface area contributed by atoms with Crippen LogP contribution in [-0.4, -0.2) is 62.1 Å². The molecule has 1 saturated heterocycles. The molecule has 3 aromatic rings. The van der Waals surface area contributed by atoms with Crippen LogP contribution < -0.4 is 16.7 Å². The van der Waals surface area contributed by atoms with Crippen LogP contribution in [0.25, 0.3) is 10.9 Å². The van der Waals surface area contributed by atoms with Crippen molar-refractivity contribution in [2.24, 2.45) is 0 Å². The number of para-hydroxylation sites is 1. The standard InChI is InChI=1S/C20H22FN5O6/c21-32-16-15(28)14(9-27)31-19(16)26-8-12(17(22)25-20(26)30)18(29)23-6-5-10-7-24-13-4-2-1-3-11(10)13/h1-4,7-8,14-16,19,24,27-28H,5-6,9H2,(H,23,29)(H2,22,25,30)/t14-,15+,16-,19-/m1/s1. The highest BCUT2D eigenvalue weighted by molar-refractivity contribution is 5.98. The number of hydrogen-bond donors (Lipinski definition) is 5. The van der Waals surface area contributed by atoms with E-state index in [0.717, 1.165) is 27.2 Å². The lowest BCUT2D eigenvalue weighted by Crippen LogP contribution is -2.38. The predicted octanol–water partition coefficient (Wildman–Crippen LogP) is -0.200. The van der Waals surface area contributed by atoms with Crippen molar-refractivity contribution in [2.45, 2.75) is 31.0 Å². The zero-order valence-electron chi connectivity index (χ0n) is 16.8. The van der Waals surface area contributed by atoms with Crippen molar-refractivity contribution in [3.8, 4) is 0 Å². The second-order valence-electron chi connectivity index (χ2n) is 7.39. The van der Waals surface area contributed by atoms with Crippen LogP contribution in [0.4, 0.5) is 10.3 Å². The second kappa shape index (κ2) is 9.04. The number of anilines is 1. The van der Waals surface area contributed by atoms with Crippen molar-refractivity contribution < 1.29 is 29.2 Å². The fourth-order valence-corrected chi connectivity index (χ4v) is 3.77. The van der Waals surface area contributed by atoms with Gasteiger partial charge in [0.1, 0.15) is 18.0 Å². The molecule has 170 valence electrons. The number of fused-ring (bicyclic) bond motifs is 1. The minimum atomic E-state index is -1.60. The molecular formula is C20H22FN5O6. The molecule has 1 amide bonds. The van der Waals surface area contributed by atoms with E-state index in [1.807, 2.05) is 30.5 Å². The van der Waals surface area contributed by atoms with E-state index in [1.165, 1.54) is 0 Å². The minimum Gasteiger partial charge on any atom is -0.394 e. The number of aromatic amines is 1. The van der Waals surface area contributed by atoms with Gasteiger partial charge in [-0.1, -0.05) is 18.2 Å². The first-order chi connectivity index (χ1) is 15.4. The zero-order valence-corrected chi connectivity index (χ0v) is 16.8. The molecule has 4 rings (SSSR count). The summed E-state index contributed by atoms with van der Waals surface area (Å²) in [5, 5.41) is 23.0. The number of aliphatic hydroxyl groups excluding tert-OH is 2. The van der Waals surface area contributed by atoms with Crippen molar-refractivity contribution in [3.63, 3.8) is 0 Å². The number of ether oxygens (including phenoxy) is 1. The molecule has 1 aliphatic heterocycles. The van der Waals surface area contributed by atoms with Crippen molar-refractivity contribution in [1.82, 2.24) is 19.9 Å². The summed E-state index contributed by atoms with van der Waals surface area (Å²) < 4.78 is 19.1. The molecular weight excluding hydrogens is 425 g/mol. The Morgan fingerprint density at radius 3 is 2.94 bits per heavy atom. The van der Waals surface area contributed by atoms with Gasteiger partial charge in [-0.25, -0.2) is 4.79 Å². The van der Waals surface area contributed by atoms with Gasteiger partial charge in [0.25, 0.3) is 5.91 Å². The van der Waals surface area contributed by atoms with Gasteiger partial charge in [0, 0.05) is 29.8 Å². The molecule has 2 aromatic heterocycles. The van der Waals surface area contributed by atoms with E-state index >= 15 is 0 Å². The minimum absolute atomic E-state index is 0.133. The maximum absolute atomic E-state index is 13.0. The molecule has 0 aliphatic carbocycles. The number of halogens is 1. The molecule has 12 heteroatoms. The van der Waals surface area contributed by atoms with Crippen LogP contribution in [0.15, 0.2) is 41.5 Å². The second-order valence-corrected chi connectivity index (χ2v) is 7.39. The lowest BCUT2D eigenvalue weighted by Gasteiger charge is -2.19. The zero-order chi connectivity index (χ0) is 22.8. The largest absolute Gasteiger partial charge is 0.394 e. The number of hydrogen-bond acceptors (Lipinski definition) is 8. The average molecular weight is 447 g/mol. The van der Waals surface area contributed by atoms with E-state index in [1.54, 1.807) is 0 Å². The highest BCUT2D eigenvalue weighted by Gasteiger charge is 2.47. The predicted molar refractivity (Wildman–Crippen MR) is 110 cm³/mol. The van der Waals surface area contributed by atoms with E-state index < -0.39 is 42.7 Å². The van der Waals surface area contributed by atoms with Crippen LogP contribution in [0, 0.1) is 0 Å². The van der Waals surface area contributed by atoms with Crippen LogP contribution in [0.1, 0.15) is 22.1 Å². The lowest BCUT2D eigenvalue weighted by molar-refractivity contribution is -0.221. The first kappa shape index (κ1) is 21.9. The Hall–Kier alpha value is -3.32. The number of nitrogens with two attached hydrogens (primary N) is 1. The number of rotatable bonds is 7. The Morgan fingerprint density at radius 2 is 2.19 bits per heavy atom. The third-order valence-corrected chi connectivity index (χ3v) is 5.45. The molecule has 1 aromatic carbocycles. The lowest BCUT2D eigenvalue weighted by atomic mass is 10.1. The summed E-state index contributed by atoms with van der Waals surface area (Å²) in [5.74, 6) is -0.913. The molecule has 0 saturated carbocycles. The number of nitrogen functional groups attached to an aromatic ring is 1. The van der Waals surface area contributed by atoms with Gasteiger partial charge in [0.15, 0.2) is 12.3 Å². The van der Waals surface area contributed by atoms with Crippen LogP contribution in [-0.2, 0) is 16.1 Å². The molecule has 0 radical (unpaired) electrons. The number of benzene rings is 1. The summed E-state index contributed by atoms with van der Waals surface area (Å²) in [6, 6.07) is 7.76. The summed E-state index contributed by atoms with van der Waals surface area (Å²) in [7, 11) is 0. The molecule has 4 atom stereocenters. The topological polar surface area (TPSA) is 165 Å². The van der Waals surface area contributed by atoms with Crippen LogP contribution in [0.5, 0.6) is 0 Å². The molecule has 1 fully saturated rings. The van der Waals surface area contributed by atoms with E-state index in [9.17, 15) is 24.3 Å². The maximum atomic E-state index is 13.0. The number of nitrogens with one attached hydrogen (secondary N) is 2. The number of H-pyrrole nitrogens is 1. The van der Waals surface area contributed by atoms with Gasteiger partial charge in [-0.05, 0) is 22.6 Å².